The van der Waals surface area contributed by atoms with Gasteiger partial charge in [-0.25, -0.2) is 0 Å². The first kappa shape index (κ1) is 16.2. The van der Waals surface area contributed by atoms with Gasteiger partial charge in [-0.1, -0.05) is 27.7 Å². The number of hydrogen-bond acceptors (Lipinski definition) is 2. The first-order valence-electron chi connectivity index (χ1n) is 6.67. The first-order chi connectivity index (χ1) is 7.58. The van der Waals surface area contributed by atoms with Crippen molar-refractivity contribution in [1.29, 1.82) is 0 Å². The topological polar surface area (TPSA) is 6.48 Å². The Morgan fingerprint density at radius 1 is 0.812 bits per heavy atom. The predicted octanol–water partition coefficient (Wildman–Crippen LogP) is 2.91. The molecule has 0 fully saturated rings. The van der Waals surface area contributed by atoms with E-state index in [9.17, 15) is 0 Å². The van der Waals surface area contributed by atoms with Gasteiger partial charge in [0.2, 0.25) is 0 Å². The molecular weight excluding hydrogens is 220 g/mol. The summed E-state index contributed by atoms with van der Waals surface area (Å²) in [5, 5.41) is 0.251. The highest BCUT2D eigenvalue weighted by Gasteiger charge is 2.19. The molecule has 0 aromatic carbocycles. The highest BCUT2D eigenvalue weighted by molar-refractivity contribution is 6.20. The van der Waals surface area contributed by atoms with Crippen molar-refractivity contribution in [3.8, 4) is 0 Å². The van der Waals surface area contributed by atoms with Crippen molar-refractivity contribution in [1.82, 2.24) is 9.80 Å². The van der Waals surface area contributed by atoms with Gasteiger partial charge in [0.15, 0.2) is 0 Å². The van der Waals surface area contributed by atoms with Crippen LogP contribution in [0.3, 0.4) is 0 Å². The fraction of sp³-hybridized carbons (Fsp3) is 1.00. The minimum absolute atomic E-state index is 0.251. The lowest BCUT2D eigenvalue weighted by molar-refractivity contribution is 0.190. The smallest absolute Gasteiger partial charge is 0.0360 e. The second kappa shape index (κ2) is 9.26. The molecule has 0 amide bonds. The molecule has 98 valence electrons. The molecule has 0 bridgehead atoms. The third-order valence-electron chi connectivity index (χ3n) is 3.42. The van der Waals surface area contributed by atoms with Gasteiger partial charge in [-0.05, 0) is 33.1 Å². The average molecular weight is 249 g/mol. The molecule has 0 aromatic heterocycles. The number of rotatable bonds is 9. The third kappa shape index (κ3) is 6.07. The Balaban J connectivity index is 4.25. The van der Waals surface area contributed by atoms with Gasteiger partial charge in [0.05, 0.1) is 0 Å². The van der Waals surface area contributed by atoms with Crippen molar-refractivity contribution in [3.05, 3.63) is 0 Å². The summed E-state index contributed by atoms with van der Waals surface area (Å²) in [5.74, 6) is 0.571. The second-order valence-corrected chi connectivity index (χ2v) is 5.10. The quantitative estimate of drug-likeness (QED) is 0.579. The molecule has 0 spiro atoms. The number of nitrogens with zero attached hydrogens (tertiary/aromatic N) is 2. The van der Waals surface area contributed by atoms with Crippen LogP contribution in [0.1, 0.15) is 34.6 Å². The standard InChI is InChI=1S/C13H29ClN2/c1-6-15(7-2)10-13(12(5)14)11-16(8-3)9-4/h12-13H,6-11H2,1-5H3. The monoisotopic (exact) mass is 248 g/mol. The van der Waals surface area contributed by atoms with Crippen molar-refractivity contribution in [2.24, 2.45) is 5.92 Å². The molecule has 16 heavy (non-hydrogen) atoms. The molecule has 0 aliphatic heterocycles. The fourth-order valence-electron chi connectivity index (χ4n) is 1.98. The van der Waals surface area contributed by atoms with Gasteiger partial charge in [0.1, 0.15) is 0 Å². The first-order valence-corrected chi connectivity index (χ1v) is 7.11. The Labute approximate surface area is 107 Å². The molecule has 0 saturated carbocycles. The molecule has 0 aliphatic rings. The number of hydrogen-bond donors (Lipinski definition) is 0. The minimum atomic E-state index is 0.251. The van der Waals surface area contributed by atoms with E-state index in [1.807, 2.05) is 0 Å². The minimum Gasteiger partial charge on any atom is -0.304 e. The van der Waals surface area contributed by atoms with Crippen molar-refractivity contribution < 1.29 is 0 Å². The van der Waals surface area contributed by atoms with Crippen LogP contribution < -0.4 is 0 Å². The van der Waals surface area contributed by atoms with Crippen LogP contribution in [0.25, 0.3) is 0 Å². The van der Waals surface area contributed by atoms with E-state index in [-0.39, 0.29) is 5.38 Å². The SMILES string of the molecule is CCN(CC)CC(CN(CC)CC)C(C)Cl. The third-order valence-corrected chi connectivity index (χ3v) is 3.78. The van der Waals surface area contributed by atoms with E-state index >= 15 is 0 Å². The highest BCUT2D eigenvalue weighted by Crippen LogP contribution is 2.14. The van der Waals surface area contributed by atoms with E-state index in [4.69, 9.17) is 11.6 Å². The molecule has 2 nitrogen and oxygen atoms in total. The zero-order valence-corrected chi connectivity index (χ0v) is 12.4. The molecule has 0 saturated heterocycles. The summed E-state index contributed by atoms with van der Waals surface area (Å²) in [6.45, 7) is 17.7. The van der Waals surface area contributed by atoms with Crippen molar-refractivity contribution in [2.75, 3.05) is 39.3 Å². The Hall–Kier alpha value is 0.210. The Morgan fingerprint density at radius 3 is 1.31 bits per heavy atom. The molecule has 1 unspecified atom stereocenters. The Morgan fingerprint density at radius 2 is 1.12 bits per heavy atom. The Kier molecular flexibility index (Phi) is 9.38. The fourth-order valence-corrected chi connectivity index (χ4v) is 2.13. The van der Waals surface area contributed by atoms with E-state index in [2.05, 4.69) is 44.4 Å². The van der Waals surface area contributed by atoms with Gasteiger partial charge < -0.3 is 9.80 Å². The number of alkyl halides is 1. The summed E-state index contributed by atoms with van der Waals surface area (Å²) in [5.41, 5.74) is 0. The lowest BCUT2D eigenvalue weighted by Crippen LogP contribution is -2.40. The highest BCUT2D eigenvalue weighted by atomic mass is 35.5. The van der Waals surface area contributed by atoms with Crippen LogP contribution in [0.5, 0.6) is 0 Å². The molecule has 3 heteroatoms. The van der Waals surface area contributed by atoms with Crippen LogP contribution in [-0.2, 0) is 0 Å². The predicted molar refractivity (Wildman–Crippen MR) is 74.4 cm³/mol. The van der Waals surface area contributed by atoms with Crippen LogP contribution in [0.4, 0.5) is 0 Å². The summed E-state index contributed by atoms with van der Waals surface area (Å²) < 4.78 is 0. The zero-order valence-electron chi connectivity index (χ0n) is 11.7. The average Bonchev–Trinajstić information content (AvgIpc) is 2.29. The van der Waals surface area contributed by atoms with Gasteiger partial charge in [-0.3, -0.25) is 0 Å². The zero-order chi connectivity index (χ0) is 12.6. The van der Waals surface area contributed by atoms with E-state index < -0.39 is 0 Å². The van der Waals surface area contributed by atoms with Crippen LogP contribution in [-0.4, -0.2) is 54.4 Å². The summed E-state index contributed by atoms with van der Waals surface area (Å²) >= 11 is 6.31. The van der Waals surface area contributed by atoms with E-state index in [0.717, 1.165) is 39.3 Å². The van der Waals surface area contributed by atoms with Gasteiger partial charge in [-0.2, -0.15) is 0 Å². The molecule has 0 heterocycles. The van der Waals surface area contributed by atoms with Gasteiger partial charge in [0.25, 0.3) is 0 Å². The van der Waals surface area contributed by atoms with Crippen molar-refractivity contribution in [2.45, 2.75) is 40.0 Å². The van der Waals surface area contributed by atoms with E-state index in [1.54, 1.807) is 0 Å². The molecule has 0 radical (unpaired) electrons. The van der Waals surface area contributed by atoms with Crippen LogP contribution in [0.15, 0.2) is 0 Å². The van der Waals surface area contributed by atoms with Crippen LogP contribution >= 0.6 is 11.6 Å². The maximum atomic E-state index is 6.31. The normalized spacial score (nSPS) is 14.1. The summed E-state index contributed by atoms with van der Waals surface area (Å²) in [6.07, 6.45) is 0. The molecule has 0 N–H and O–H groups in total. The summed E-state index contributed by atoms with van der Waals surface area (Å²) in [4.78, 5) is 4.93. The van der Waals surface area contributed by atoms with Crippen molar-refractivity contribution >= 4 is 11.6 Å². The Bertz CT molecular complexity index is 140. The summed E-state index contributed by atoms with van der Waals surface area (Å²) in [7, 11) is 0. The van der Waals surface area contributed by atoms with Gasteiger partial charge in [-0.15, -0.1) is 11.6 Å². The molecule has 0 rings (SSSR count). The molecule has 0 aromatic rings. The molecule has 0 aliphatic carbocycles. The lowest BCUT2D eigenvalue weighted by atomic mass is 10.0. The van der Waals surface area contributed by atoms with Crippen LogP contribution in [0, 0.1) is 5.92 Å². The largest absolute Gasteiger partial charge is 0.304 e. The molecular formula is C13H29ClN2. The lowest BCUT2D eigenvalue weighted by Gasteiger charge is -2.31. The molecule has 1 atom stereocenters. The van der Waals surface area contributed by atoms with Gasteiger partial charge in [0, 0.05) is 24.4 Å². The maximum Gasteiger partial charge on any atom is 0.0360 e. The number of halogens is 1. The van der Waals surface area contributed by atoms with E-state index in [1.165, 1.54) is 0 Å². The second-order valence-electron chi connectivity index (χ2n) is 4.41. The van der Waals surface area contributed by atoms with Gasteiger partial charge >= 0.3 is 0 Å². The van der Waals surface area contributed by atoms with Crippen LogP contribution in [0.2, 0.25) is 0 Å². The van der Waals surface area contributed by atoms with E-state index in [0.29, 0.717) is 5.92 Å². The maximum absolute atomic E-state index is 6.31. The summed E-state index contributed by atoms with van der Waals surface area (Å²) in [6, 6.07) is 0. The van der Waals surface area contributed by atoms with Crippen molar-refractivity contribution in [3.63, 3.8) is 0 Å².